The zero-order valence-corrected chi connectivity index (χ0v) is 20.2. The molecular weight excluding hydrogens is 470 g/mol. The molecule has 1 heterocycles. The Hall–Kier alpha value is -4.50. The van der Waals surface area contributed by atoms with Crippen molar-refractivity contribution in [2.45, 2.75) is 12.8 Å². The first kappa shape index (κ1) is 25.6. The van der Waals surface area contributed by atoms with Crippen LogP contribution >= 0.6 is 0 Å². The predicted molar refractivity (Wildman–Crippen MR) is 142 cm³/mol. The van der Waals surface area contributed by atoms with Crippen molar-refractivity contribution in [3.63, 3.8) is 0 Å². The van der Waals surface area contributed by atoms with Crippen LogP contribution in [0, 0.1) is 11.3 Å². The average molecular weight is 500 g/mol. The zero-order chi connectivity index (χ0) is 26.4. The lowest BCUT2D eigenvalue weighted by molar-refractivity contribution is 0.0697. The fourth-order valence-corrected chi connectivity index (χ4v) is 4.37. The molecule has 1 fully saturated rings. The summed E-state index contributed by atoms with van der Waals surface area (Å²) in [5.41, 5.74) is 7.74. The highest BCUT2D eigenvalue weighted by Crippen LogP contribution is 2.29. The van der Waals surface area contributed by atoms with Gasteiger partial charge in [-0.25, -0.2) is 4.79 Å². The number of carboxylic acids is 1. The van der Waals surface area contributed by atoms with Crippen LogP contribution in [0.4, 0.5) is 5.69 Å². The first-order valence-electron chi connectivity index (χ1n) is 12.0. The van der Waals surface area contributed by atoms with Gasteiger partial charge in [0.05, 0.1) is 5.56 Å². The Bertz CT molecular complexity index is 1330. The number of rotatable bonds is 8. The molecule has 7 N–H and O–H groups in total. The van der Waals surface area contributed by atoms with E-state index < -0.39 is 11.9 Å². The zero-order valence-electron chi connectivity index (χ0n) is 20.2. The maximum absolute atomic E-state index is 13.1. The second-order valence-corrected chi connectivity index (χ2v) is 8.96. The minimum absolute atomic E-state index is 0.0689. The molecule has 0 spiro atoms. The van der Waals surface area contributed by atoms with Gasteiger partial charge in [-0.2, -0.15) is 0 Å². The second-order valence-electron chi connectivity index (χ2n) is 8.96. The van der Waals surface area contributed by atoms with E-state index in [4.69, 9.17) is 11.1 Å². The standard InChI is InChI=1S/C28H29N5O4/c29-25(30)18-5-8-20(9-6-18)33-27(35)23-4-2-1-3-21(23)22-10-7-19(15-24(22)28(36)37)26(34)32-16-17-11-13-31-14-12-17/h1-10,15,17,31H,11-14,16H2,(H3,29,30)(H,32,34)(H,33,35)(H,36,37). The average Bonchev–Trinajstić information content (AvgIpc) is 2.92. The minimum Gasteiger partial charge on any atom is -0.478 e. The Labute approximate surface area is 214 Å². The number of nitrogens with one attached hydrogen (secondary N) is 4. The summed E-state index contributed by atoms with van der Waals surface area (Å²) in [7, 11) is 0. The summed E-state index contributed by atoms with van der Waals surface area (Å²) in [5, 5.41) is 26.4. The van der Waals surface area contributed by atoms with Crippen LogP contribution in [0.3, 0.4) is 0 Å². The fraction of sp³-hybridized carbons (Fsp3) is 0.214. The van der Waals surface area contributed by atoms with E-state index in [0.717, 1.165) is 25.9 Å². The largest absolute Gasteiger partial charge is 0.478 e. The molecule has 0 aromatic heterocycles. The maximum atomic E-state index is 13.1. The summed E-state index contributed by atoms with van der Waals surface area (Å²) in [6.07, 6.45) is 1.97. The number of carbonyl (C=O) groups excluding carboxylic acids is 2. The van der Waals surface area contributed by atoms with Crippen molar-refractivity contribution in [1.82, 2.24) is 10.6 Å². The van der Waals surface area contributed by atoms with Gasteiger partial charge in [0, 0.05) is 28.9 Å². The molecule has 9 nitrogen and oxygen atoms in total. The third-order valence-electron chi connectivity index (χ3n) is 6.44. The maximum Gasteiger partial charge on any atom is 0.336 e. The molecule has 2 amide bonds. The Morgan fingerprint density at radius 2 is 1.54 bits per heavy atom. The van der Waals surface area contributed by atoms with E-state index in [9.17, 15) is 19.5 Å². The molecule has 37 heavy (non-hydrogen) atoms. The highest BCUT2D eigenvalue weighted by molar-refractivity contribution is 6.11. The van der Waals surface area contributed by atoms with E-state index in [-0.39, 0.29) is 28.4 Å². The number of nitrogen functional groups attached to an aromatic ring is 1. The Kier molecular flexibility index (Phi) is 7.95. The summed E-state index contributed by atoms with van der Waals surface area (Å²) in [4.78, 5) is 38.0. The number of hydrogen-bond acceptors (Lipinski definition) is 5. The van der Waals surface area contributed by atoms with E-state index >= 15 is 0 Å². The van der Waals surface area contributed by atoms with Gasteiger partial charge in [-0.3, -0.25) is 15.0 Å². The van der Waals surface area contributed by atoms with Crippen LogP contribution in [0.2, 0.25) is 0 Å². The van der Waals surface area contributed by atoms with Gasteiger partial charge >= 0.3 is 5.97 Å². The van der Waals surface area contributed by atoms with Gasteiger partial charge in [-0.15, -0.1) is 0 Å². The summed E-state index contributed by atoms with van der Waals surface area (Å²) in [5.74, 6) is -1.63. The molecule has 3 aromatic carbocycles. The van der Waals surface area contributed by atoms with Crippen molar-refractivity contribution < 1.29 is 19.5 Å². The quantitative estimate of drug-likeness (QED) is 0.206. The first-order valence-corrected chi connectivity index (χ1v) is 12.0. The Morgan fingerprint density at radius 3 is 2.22 bits per heavy atom. The van der Waals surface area contributed by atoms with Gasteiger partial charge in [0.25, 0.3) is 11.8 Å². The molecule has 190 valence electrons. The molecule has 3 aromatic rings. The SMILES string of the molecule is N=C(N)c1ccc(NC(=O)c2ccccc2-c2ccc(C(=O)NCC3CCNCC3)cc2C(=O)O)cc1. The Balaban J connectivity index is 1.57. The summed E-state index contributed by atoms with van der Waals surface area (Å²) in [6.45, 7) is 2.39. The van der Waals surface area contributed by atoms with E-state index in [1.54, 1.807) is 60.7 Å². The van der Waals surface area contributed by atoms with E-state index in [1.165, 1.54) is 6.07 Å². The van der Waals surface area contributed by atoms with Crippen LogP contribution in [-0.4, -0.2) is 48.4 Å². The third-order valence-corrected chi connectivity index (χ3v) is 6.44. The van der Waals surface area contributed by atoms with E-state index in [1.807, 2.05) is 0 Å². The van der Waals surface area contributed by atoms with Crippen molar-refractivity contribution in [3.8, 4) is 11.1 Å². The summed E-state index contributed by atoms with van der Waals surface area (Å²) in [6, 6.07) is 17.7. The molecule has 1 saturated heterocycles. The molecular formula is C28H29N5O4. The number of piperidine rings is 1. The molecule has 0 radical (unpaired) electrons. The van der Waals surface area contributed by atoms with Crippen LogP contribution in [0.5, 0.6) is 0 Å². The first-order chi connectivity index (χ1) is 17.8. The highest BCUT2D eigenvalue weighted by Gasteiger charge is 2.21. The van der Waals surface area contributed by atoms with Gasteiger partial charge in [-0.1, -0.05) is 24.3 Å². The predicted octanol–water partition coefficient (Wildman–Crippen LogP) is 3.32. The number of aromatic carboxylic acids is 1. The molecule has 0 bridgehead atoms. The highest BCUT2D eigenvalue weighted by atomic mass is 16.4. The molecule has 4 rings (SSSR count). The number of nitrogens with two attached hydrogens (primary N) is 1. The lowest BCUT2D eigenvalue weighted by Gasteiger charge is -2.22. The monoisotopic (exact) mass is 499 g/mol. The van der Waals surface area contributed by atoms with Crippen LogP contribution in [0.1, 0.15) is 49.5 Å². The van der Waals surface area contributed by atoms with Crippen molar-refractivity contribution in [2.24, 2.45) is 11.7 Å². The third kappa shape index (κ3) is 6.20. The topological polar surface area (TPSA) is 157 Å². The number of amidine groups is 1. The number of carboxylic acid groups (broad SMARTS) is 1. The van der Waals surface area contributed by atoms with Crippen molar-refractivity contribution in [2.75, 3.05) is 25.0 Å². The van der Waals surface area contributed by atoms with Gasteiger partial charge in [0.2, 0.25) is 0 Å². The molecule has 9 heteroatoms. The van der Waals surface area contributed by atoms with Crippen LogP contribution in [-0.2, 0) is 0 Å². The number of benzene rings is 3. The molecule has 1 aliphatic rings. The summed E-state index contributed by atoms with van der Waals surface area (Å²) >= 11 is 0. The lowest BCUT2D eigenvalue weighted by atomic mass is 9.93. The molecule has 0 unspecified atom stereocenters. The fourth-order valence-electron chi connectivity index (χ4n) is 4.37. The van der Waals surface area contributed by atoms with Crippen LogP contribution in [0.25, 0.3) is 11.1 Å². The van der Waals surface area contributed by atoms with Crippen molar-refractivity contribution >= 4 is 29.3 Å². The normalized spacial score (nSPS) is 13.5. The molecule has 0 saturated carbocycles. The van der Waals surface area contributed by atoms with Crippen molar-refractivity contribution in [1.29, 1.82) is 5.41 Å². The number of carbonyl (C=O) groups is 3. The Morgan fingerprint density at radius 1 is 0.892 bits per heavy atom. The van der Waals surface area contributed by atoms with E-state index in [2.05, 4.69) is 16.0 Å². The summed E-state index contributed by atoms with van der Waals surface area (Å²) < 4.78 is 0. The lowest BCUT2D eigenvalue weighted by Crippen LogP contribution is -2.36. The van der Waals surface area contributed by atoms with Gasteiger partial charge in [-0.05, 0) is 85.4 Å². The van der Waals surface area contributed by atoms with Crippen LogP contribution < -0.4 is 21.7 Å². The van der Waals surface area contributed by atoms with Crippen molar-refractivity contribution in [3.05, 3.63) is 89.0 Å². The van der Waals surface area contributed by atoms with Gasteiger partial charge in [0.1, 0.15) is 5.84 Å². The molecule has 0 atom stereocenters. The molecule has 1 aliphatic heterocycles. The minimum atomic E-state index is -1.20. The number of anilines is 1. The second kappa shape index (κ2) is 11.5. The van der Waals surface area contributed by atoms with Gasteiger partial charge < -0.3 is 26.8 Å². The van der Waals surface area contributed by atoms with Gasteiger partial charge in [0.15, 0.2) is 0 Å². The number of hydrogen-bond donors (Lipinski definition) is 6. The van der Waals surface area contributed by atoms with E-state index in [0.29, 0.717) is 34.8 Å². The molecule has 0 aliphatic carbocycles. The number of amides is 2. The van der Waals surface area contributed by atoms with Crippen LogP contribution in [0.15, 0.2) is 66.7 Å². The smallest absolute Gasteiger partial charge is 0.336 e.